The van der Waals surface area contributed by atoms with Crippen molar-refractivity contribution in [1.29, 1.82) is 0 Å². The Balaban J connectivity index is 0.00000378. The Kier molecular flexibility index (Phi) is 8.82. The van der Waals surface area contributed by atoms with Crippen LogP contribution < -0.4 is 0 Å². The van der Waals surface area contributed by atoms with Crippen molar-refractivity contribution in [3.05, 3.63) is 169 Å². The predicted octanol–water partition coefficient (Wildman–Crippen LogP) is 10.9. The van der Waals surface area contributed by atoms with Crippen LogP contribution in [0.3, 0.4) is 0 Å². The molecule has 8 rings (SSSR count). The summed E-state index contributed by atoms with van der Waals surface area (Å²) in [6.45, 7) is 4.27. The minimum Gasteiger partial charge on any atom is -0.507 e. The molecule has 0 spiro atoms. The molecule has 0 amide bonds. The first kappa shape index (κ1) is 32.0. The zero-order valence-electron chi connectivity index (χ0n) is 27.0. The van der Waals surface area contributed by atoms with Gasteiger partial charge < -0.3 is 9.51 Å². The number of benzene rings is 5. The van der Waals surface area contributed by atoms with Crippen LogP contribution in [0.2, 0.25) is 0 Å². The topological polar surface area (TPSA) is 50.4 Å². The van der Waals surface area contributed by atoms with Crippen LogP contribution in [0.1, 0.15) is 11.1 Å². The Hall–Kier alpha value is -5.57. The molecular weight excluding hydrogens is 782 g/mol. The molecule has 8 aromatic rings. The maximum atomic E-state index is 11.4. The zero-order chi connectivity index (χ0) is 32.6. The number of hydrogen-bond donors (Lipinski definition) is 1. The summed E-state index contributed by atoms with van der Waals surface area (Å²) in [6.07, 6.45) is 2.05. The van der Waals surface area contributed by atoms with E-state index >= 15 is 0 Å². The summed E-state index contributed by atoms with van der Waals surface area (Å²) in [5.74, 6) is 0.184. The van der Waals surface area contributed by atoms with Crippen LogP contribution in [0.25, 0.3) is 72.9 Å². The van der Waals surface area contributed by atoms with Gasteiger partial charge in [-0.2, -0.15) is 0 Å². The molecular formula is C44H32N3OPt-. The number of phenolic OH excluding ortho intramolecular Hbond substituents is 1. The summed E-state index contributed by atoms with van der Waals surface area (Å²) in [5.41, 5.74) is 14.2. The number of aryl methyl sites for hydroxylation is 2. The minimum atomic E-state index is 0. The predicted molar refractivity (Wildman–Crippen MR) is 196 cm³/mol. The Labute approximate surface area is 300 Å². The monoisotopic (exact) mass is 813 g/mol. The van der Waals surface area contributed by atoms with E-state index < -0.39 is 0 Å². The van der Waals surface area contributed by atoms with E-state index in [9.17, 15) is 5.11 Å². The van der Waals surface area contributed by atoms with Crippen molar-refractivity contribution in [2.24, 2.45) is 0 Å². The molecule has 5 aromatic carbocycles. The SMILES string of the molecule is Cc1cccc(C)c1-c1cc(-c2[c-]c(-c3nc4ccccn4c3-c3ccccc3)ccc2)nc(-c2ccc(-c3ccccc3)cc2O)c1.[Pt]. The van der Waals surface area contributed by atoms with Gasteiger partial charge in [0.05, 0.1) is 5.69 Å². The van der Waals surface area contributed by atoms with Gasteiger partial charge in [0.1, 0.15) is 11.4 Å². The molecule has 0 atom stereocenters. The Morgan fingerprint density at radius 3 is 1.94 bits per heavy atom. The summed E-state index contributed by atoms with van der Waals surface area (Å²) in [7, 11) is 0. The number of aromatic nitrogens is 3. The van der Waals surface area contributed by atoms with Crippen LogP contribution >= 0.6 is 0 Å². The van der Waals surface area contributed by atoms with Crippen LogP contribution in [0.4, 0.5) is 0 Å². The van der Waals surface area contributed by atoms with Crippen molar-refractivity contribution in [2.75, 3.05) is 0 Å². The number of imidazole rings is 1. The Morgan fingerprint density at radius 1 is 0.551 bits per heavy atom. The van der Waals surface area contributed by atoms with Gasteiger partial charge in [-0.05, 0) is 83.1 Å². The third-order valence-corrected chi connectivity index (χ3v) is 8.88. The molecule has 5 heteroatoms. The minimum absolute atomic E-state index is 0. The first-order chi connectivity index (χ1) is 23.5. The van der Waals surface area contributed by atoms with Gasteiger partial charge in [0.15, 0.2) is 0 Å². The molecule has 0 fully saturated rings. The summed E-state index contributed by atoms with van der Waals surface area (Å²) < 4.78 is 2.13. The average Bonchev–Trinajstić information content (AvgIpc) is 3.52. The van der Waals surface area contributed by atoms with E-state index in [-0.39, 0.29) is 26.8 Å². The molecule has 0 saturated heterocycles. The van der Waals surface area contributed by atoms with Gasteiger partial charge in [-0.1, -0.05) is 108 Å². The molecule has 1 N–H and O–H groups in total. The number of rotatable bonds is 6. The van der Waals surface area contributed by atoms with E-state index in [0.29, 0.717) is 11.3 Å². The zero-order valence-corrected chi connectivity index (χ0v) is 29.3. The van der Waals surface area contributed by atoms with Gasteiger partial charge in [-0.25, -0.2) is 0 Å². The molecule has 0 aliphatic heterocycles. The van der Waals surface area contributed by atoms with Gasteiger partial charge >= 0.3 is 0 Å². The third-order valence-electron chi connectivity index (χ3n) is 8.88. The normalized spacial score (nSPS) is 11.0. The Bertz CT molecular complexity index is 2410. The first-order valence-electron chi connectivity index (χ1n) is 16.1. The van der Waals surface area contributed by atoms with E-state index in [1.807, 2.05) is 97.1 Å². The second kappa shape index (κ2) is 13.5. The number of hydrogen-bond acceptors (Lipinski definition) is 3. The Morgan fingerprint density at radius 2 is 1.20 bits per heavy atom. The molecule has 49 heavy (non-hydrogen) atoms. The van der Waals surface area contributed by atoms with Gasteiger partial charge in [0.25, 0.3) is 0 Å². The van der Waals surface area contributed by atoms with Crippen molar-refractivity contribution >= 4 is 5.65 Å². The van der Waals surface area contributed by atoms with Crippen molar-refractivity contribution in [3.8, 4) is 73.0 Å². The molecule has 3 heterocycles. The van der Waals surface area contributed by atoms with Crippen molar-refractivity contribution in [1.82, 2.24) is 14.4 Å². The number of nitrogens with zero attached hydrogens (tertiary/aromatic N) is 3. The molecule has 4 nitrogen and oxygen atoms in total. The number of pyridine rings is 2. The molecule has 0 saturated carbocycles. The van der Waals surface area contributed by atoms with Gasteiger partial charge in [-0.3, -0.25) is 9.97 Å². The number of fused-ring (bicyclic) bond motifs is 1. The first-order valence-corrected chi connectivity index (χ1v) is 16.1. The van der Waals surface area contributed by atoms with E-state index in [2.05, 4.69) is 79.0 Å². The number of aromatic hydroxyl groups is 1. The van der Waals surface area contributed by atoms with Crippen LogP contribution in [0.15, 0.2) is 152 Å². The van der Waals surface area contributed by atoms with E-state index in [0.717, 1.165) is 61.7 Å². The van der Waals surface area contributed by atoms with Crippen LogP contribution in [-0.4, -0.2) is 19.5 Å². The molecule has 0 aliphatic rings. The van der Waals surface area contributed by atoms with Crippen molar-refractivity contribution in [2.45, 2.75) is 13.8 Å². The quantitative estimate of drug-likeness (QED) is 0.170. The fourth-order valence-corrected chi connectivity index (χ4v) is 6.59. The van der Waals surface area contributed by atoms with Gasteiger partial charge in [0, 0.05) is 49.9 Å². The molecule has 3 aromatic heterocycles. The number of phenols is 1. The van der Waals surface area contributed by atoms with E-state index in [1.54, 1.807) is 0 Å². The fraction of sp³-hybridized carbons (Fsp3) is 0.0455. The van der Waals surface area contributed by atoms with Crippen LogP contribution in [0.5, 0.6) is 5.75 Å². The largest absolute Gasteiger partial charge is 0.507 e. The standard InChI is InChI=1S/C44H32N3O.Pt/c1-29-13-11-14-30(2)42(29)36-26-38(45-39(27-36)37-23-22-33(28-40(37)48)31-15-5-3-6-16-31)34-19-12-20-35(25-34)43-44(32-17-7-4-8-18-32)47-24-10-9-21-41(47)46-43;/h3-24,26-28,48H,1-2H3;/q-1;. The molecule has 0 radical (unpaired) electrons. The second-order valence-electron chi connectivity index (χ2n) is 12.1. The summed E-state index contributed by atoms with van der Waals surface area (Å²) in [6, 6.07) is 52.7. The van der Waals surface area contributed by atoms with Gasteiger partial charge in [0.2, 0.25) is 0 Å². The summed E-state index contributed by atoms with van der Waals surface area (Å²) in [4.78, 5) is 10.2. The van der Waals surface area contributed by atoms with E-state index in [4.69, 9.17) is 9.97 Å². The summed E-state index contributed by atoms with van der Waals surface area (Å²) >= 11 is 0. The molecule has 0 bridgehead atoms. The third kappa shape index (κ3) is 6.12. The smallest absolute Gasteiger partial charge is 0.129 e. The van der Waals surface area contributed by atoms with Crippen molar-refractivity contribution in [3.63, 3.8) is 0 Å². The van der Waals surface area contributed by atoms with E-state index in [1.165, 1.54) is 11.1 Å². The molecule has 240 valence electrons. The molecule has 0 aliphatic carbocycles. The van der Waals surface area contributed by atoms with Gasteiger partial charge in [-0.15, -0.1) is 24.3 Å². The fourth-order valence-electron chi connectivity index (χ4n) is 6.59. The maximum Gasteiger partial charge on any atom is 0.129 e. The maximum absolute atomic E-state index is 11.4. The van der Waals surface area contributed by atoms with Crippen LogP contribution in [0, 0.1) is 19.9 Å². The summed E-state index contributed by atoms with van der Waals surface area (Å²) in [5, 5.41) is 11.4. The second-order valence-corrected chi connectivity index (χ2v) is 12.1. The average molecular weight is 814 g/mol. The molecule has 0 unspecified atom stereocenters. The van der Waals surface area contributed by atoms with Crippen LogP contribution in [-0.2, 0) is 21.1 Å². The van der Waals surface area contributed by atoms with Crippen molar-refractivity contribution < 1.29 is 26.2 Å².